The minimum absolute atomic E-state index is 0.241. The highest BCUT2D eigenvalue weighted by Gasteiger charge is 2.47. The molecule has 5 atom stereocenters. The predicted octanol–water partition coefficient (Wildman–Crippen LogP) is 7.20. The predicted molar refractivity (Wildman–Crippen MR) is 263 cm³/mol. The summed E-state index contributed by atoms with van der Waals surface area (Å²) in [5.74, 6) is -1.20. The summed E-state index contributed by atoms with van der Waals surface area (Å²) in [6.45, 7) is 23.8. The Kier molecular flexibility index (Phi) is 21.5. The van der Waals surface area contributed by atoms with E-state index in [4.69, 9.17) is 38.9 Å². The van der Waals surface area contributed by atoms with Gasteiger partial charge in [-0.05, 0) is 145 Å². The van der Waals surface area contributed by atoms with Crippen molar-refractivity contribution in [3.63, 3.8) is 0 Å². The van der Waals surface area contributed by atoms with Crippen LogP contribution in [0.25, 0.3) is 6.08 Å². The number of aliphatic imine (C=N–C) groups is 1. The van der Waals surface area contributed by atoms with E-state index in [1.807, 2.05) is 0 Å². The number of unbranched alkanes of at least 4 members (excludes halogenated alkanes) is 1. The maximum Gasteiger partial charge on any atom is 0.414 e. The Morgan fingerprint density at radius 3 is 1.77 bits per heavy atom. The smallest absolute Gasteiger partial charge is 0.414 e. The molecule has 20 nitrogen and oxygen atoms in total. The van der Waals surface area contributed by atoms with E-state index in [1.54, 1.807) is 156 Å². The zero-order chi connectivity index (χ0) is 52.5. The highest BCUT2D eigenvalue weighted by molar-refractivity contribution is 6.01. The first kappa shape index (κ1) is 57.9. The summed E-state index contributed by atoms with van der Waals surface area (Å²) >= 11 is 0. The lowest BCUT2D eigenvalue weighted by Gasteiger charge is -2.42. The number of ether oxygens (including phenoxy) is 7. The number of amides is 5. The monoisotopic (exact) mass is 982 g/mol. The zero-order valence-electron chi connectivity index (χ0n) is 43.0. The third-order valence-corrected chi connectivity index (χ3v) is 9.29. The third-order valence-electron chi connectivity index (χ3n) is 9.29. The molecule has 388 valence electrons. The average Bonchev–Trinajstić information content (AvgIpc) is 3.21. The van der Waals surface area contributed by atoms with Gasteiger partial charge in [-0.2, -0.15) is 0 Å². The van der Waals surface area contributed by atoms with E-state index in [9.17, 15) is 28.8 Å². The number of alkyl carbamates (subject to hydrolysis) is 3. The van der Waals surface area contributed by atoms with Gasteiger partial charge in [0.2, 0.25) is 18.2 Å². The molecule has 0 unspecified atom stereocenters. The van der Waals surface area contributed by atoms with Crippen molar-refractivity contribution in [1.29, 1.82) is 0 Å². The second-order valence-electron chi connectivity index (χ2n) is 20.5. The van der Waals surface area contributed by atoms with Crippen LogP contribution in [0.2, 0.25) is 0 Å². The summed E-state index contributed by atoms with van der Waals surface area (Å²) in [7, 11) is 0. The highest BCUT2D eigenvalue weighted by Crippen LogP contribution is 2.29. The van der Waals surface area contributed by atoms with Crippen LogP contribution in [0.1, 0.15) is 125 Å². The first-order valence-corrected chi connectivity index (χ1v) is 23.4. The van der Waals surface area contributed by atoms with Crippen LogP contribution < -0.4 is 31.7 Å². The molecule has 0 radical (unpaired) electrons. The third kappa shape index (κ3) is 22.8. The molecule has 0 aromatic heterocycles. The van der Waals surface area contributed by atoms with Crippen LogP contribution in [0.4, 0.5) is 19.2 Å². The van der Waals surface area contributed by atoms with E-state index < -0.39 is 89.3 Å². The van der Waals surface area contributed by atoms with Crippen LogP contribution in [0.3, 0.4) is 0 Å². The number of rotatable bonds is 16. The van der Waals surface area contributed by atoms with Crippen LogP contribution in [0, 0.1) is 0 Å². The van der Waals surface area contributed by atoms with E-state index in [1.165, 1.54) is 6.08 Å². The molecule has 3 rings (SSSR count). The molecular weight excluding hydrogens is 907 g/mol. The summed E-state index contributed by atoms with van der Waals surface area (Å²) in [5.41, 5.74) is 4.38. The van der Waals surface area contributed by atoms with Crippen LogP contribution in [-0.2, 0) is 33.2 Å². The molecule has 70 heavy (non-hydrogen) atoms. The number of esters is 1. The molecule has 0 saturated carbocycles. The van der Waals surface area contributed by atoms with Crippen molar-refractivity contribution in [1.82, 2.24) is 26.2 Å². The van der Waals surface area contributed by atoms with E-state index in [2.05, 4.69) is 26.3 Å². The van der Waals surface area contributed by atoms with Gasteiger partial charge in [0.25, 0.3) is 0 Å². The number of nitrogens with zero attached hydrogens (tertiary/aromatic N) is 2. The first-order valence-electron chi connectivity index (χ1n) is 23.4. The summed E-state index contributed by atoms with van der Waals surface area (Å²) in [6, 6.07) is 12.6. The molecule has 1 heterocycles. The fraction of sp³-hybridized carbons (Fsp3) is 0.580. The topological polar surface area (TPSA) is 257 Å². The summed E-state index contributed by atoms with van der Waals surface area (Å²) in [4.78, 5) is 83.5. The van der Waals surface area contributed by atoms with Crippen molar-refractivity contribution >= 4 is 48.3 Å². The molecule has 2 aromatic carbocycles. The van der Waals surface area contributed by atoms with Gasteiger partial charge in [0.1, 0.15) is 34.3 Å². The van der Waals surface area contributed by atoms with Crippen molar-refractivity contribution in [2.45, 2.75) is 162 Å². The van der Waals surface area contributed by atoms with Gasteiger partial charge in [0.05, 0.1) is 17.7 Å². The van der Waals surface area contributed by atoms with Gasteiger partial charge in [0.15, 0.2) is 6.04 Å². The number of hydrogen-bond acceptors (Lipinski definition) is 15. The lowest BCUT2D eigenvalue weighted by Crippen LogP contribution is -2.63. The normalized spacial score (nSPS) is 18.3. The Bertz CT molecular complexity index is 2070. The quantitative estimate of drug-likeness (QED) is 0.0279. The van der Waals surface area contributed by atoms with Crippen molar-refractivity contribution in [3.05, 3.63) is 71.8 Å². The number of carbonyl (C=O) groups excluding carboxylic acids is 6. The summed E-state index contributed by atoms with van der Waals surface area (Å²) < 4.78 is 40.2. The molecule has 2 aromatic rings. The van der Waals surface area contributed by atoms with Gasteiger partial charge >= 0.3 is 30.3 Å². The molecule has 0 spiro atoms. The number of hydrogen-bond donors (Lipinski definition) is 5. The molecule has 1 aliphatic rings. The molecule has 1 saturated heterocycles. The standard InChI is InChI=1S/C50H75N7O13/c1-32-37(51)39(66-40(59)34-20-15-14-16-21-34)38(54-42(55-44(61)68-48(5,6)7)56-45(62)69-49(8,9)10)41(64-32)65-35-25-22-33(23-26-35)24-27-36(58)52-29-19-31-57(46(63)70-50(11,12)13)30-18-17-28-53-43(60)67-47(2,3)4/h14-16,20-27,32,37-39,41H,17-19,28-31,51H2,1-13H3,(H,52,58)(H,53,60)(H2,54,55,56,61,62)/b27-24+/t32-,37-,38-,39+,41-/m1/s1. The molecular formula is C50H75N7O13. The second-order valence-corrected chi connectivity index (χ2v) is 20.5. The molecule has 0 aliphatic carbocycles. The largest absolute Gasteiger partial charge is 0.462 e. The van der Waals surface area contributed by atoms with Crippen molar-refractivity contribution < 1.29 is 61.9 Å². The van der Waals surface area contributed by atoms with Gasteiger partial charge < -0.3 is 54.4 Å². The second kappa shape index (κ2) is 26.0. The molecule has 6 N–H and O–H groups in total. The molecule has 5 amide bonds. The van der Waals surface area contributed by atoms with Crippen molar-refractivity contribution in [2.24, 2.45) is 10.7 Å². The van der Waals surface area contributed by atoms with E-state index >= 15 is 0 Å². The van der Waals surface area contributed by atoms with Crippen LogP contribution in [0.15, 0.2) is 65.7 Å². The number of nitrogens with one attached hydrogen (secondary N) is 4. The summed E-state index contributed by atoms with van der Waals surface area (Å²) in [5, 5.41) is 10.4. The summed E-state index contributed by atoms with van der Waals surface area (Å²) in [6.07, 6.45) is -1.49. The van der Waals surface area contributed by atoms with Gasteiger partial charge in [-0.3, -0.25) is 15.4 Å². The maximum atomic E-state index is 13.5. The van der Waals surface area contributed by atoms with Gasteiger partial charge in [-0.25, -0.2) is 29.0 Å². The lowest BCUT2D eigenvalue weighted by molar-refractivity contribution is -0.190. The van der Waals surface area contributed by atoms with Gasteiger partial charge in [0, 0.05) is 32.3 Å². The fourth-order valence-corrected chi connectivity index (χ4v) is 6.28. The first-order chi connectivity index (χ1) is 32.5. The molecule has 1 fully saturated rings. The van der Waals surface area contributed by atoms with E-state index in [0.717, 1.165) is 0 Å². The average molecular weight is 982 g/mol. The van der Waals surface area contributed by atoms with E-state index in [-0.39, 0.29) is 18.0 Å². The van der Waals surface area contributed by atoms with E-state index in [0.29, 0.717) is 50.2 Å². The van der Waals surface area contributed by atoms with Crippen LogP contribution in [0.5, 0.6) is 5.75 Å². The minimum Gasteiger partial charge on any atom is -0.462 e. The number of guanidine groups is 1. The Morgan fingerprint density at radius 2 is 1.21 bits per heavy atom. The Morgan fingerprint density at radius 1 is 0.686 bits per heavy atom. The van der Waals surface area contributed by atoms with Crippen molar-refractivity contribution in [2.75, 3.05) is 26.2 Å². The molecule has 0 bridgehead atoms. The number of nitrogens with two attached hydrogens (primary N) is 1. The maximum absolute atomic E-state index is 13.5. The number of carbonyl (C=O) groups is 6. The van der Waals surface area contributed by atoms with Crippen molar-refractivity contribution in [3.8, 4) is 5.75 Å². The molecule has 1 aliphatic heterocycles. The zero-order valence-corrected chi connectivity index (χ0v) is 43.0. The Balaban J connectivity index is 1.75. The Hall–Kier alpha value is -6.41. The van der Waals surface area contributed by atoms with Crippen LogP contribution >= 0.6 is 0 Å². The SMILES string of the molecule is C[C@H]1O[C@H](Oc2ccc(/C=C/C(=O)NCCCN(CCCCNC(=O)OC(C)(C)C)C(=O)OC(C)(C)C)cc2)[C@H](N=C(NC(=O)OC(C)(C)C)NC(=O)OC(C)(C)C)[C@@H](OC(=O)c2ccccc2)[C@@H]1N. The lowest BCUT2D eigenvalue weighted by atomic mass is 9.95. The highest BCUT2D eigenvalue weighted by atomic mass is 16.7. The Labute approximate surface area is 412 Å². The van der Waals surface area contributed by atoms with Crippen LogP contribution in [-0.4, -0.2) is 126 Å². The number of benzene rings is 2. The van der Waals surface area contributed by atoms with Gasteiger partial charge in [-0.1, -0.05) is 30.3 Å². The minimum atomic E-state index is -1.31. The fourth-order valence-electron chi connectivity index (χ4n) is 6.28. The van der Waals surface area contributed by atoms with Gasteiger partial charge in [-0.15, -0.1) is 0 Å². The molecule has 20 heteroatoms.